The maximum atomic E-state index is 10.8. The van der Waals surface area contributed by atoms with Crippen molar-refractivity contribution in [1.29, 1.82) is 0 Å². The molecule has 1 aromatic rings. The van der Waals surface area contributed by atoms with Crippen LogP contribution in [0, 0.1) is 5.92 Å². The van der Waals surface area contributed by atoms with E-state index in [1.165, 1.54) is 0 Å². The Labute approximate surface area is 102 Å². The molecule has 0 fully saturated rings. The Kier molecular flexibility index (Phi) is 5.12. The zero-order valence-corrected chi connectivity index (χ0v) is 10.3. The van der Waals surface area contributed by atoms with Crippen molar-refractivity contribution in [1.82, 2.24) is 5.32 Å². The lowest BCUT2D eigenvalue weighted by atomic mass is 9.96. The van der Waals surface area contributed by atoms with Crippen LogP contribution >= 0.6 is 0 Å². The van der Waals surface area contributed by atoms with Gasteiger partial charge in [0, 0.05) is 12.6 Å². The summed E-state index contributed by atoms with van der Waals surface area (Å²) in [7, 11) is 0. The van der Waals surface area contributed by atoms with Crippen molar-refractivity contribution < 1.29 is 9.90 Å². The summed E-state index contributed by atoms with van der Waals surface area (Å²) in [5.41, 5.74) is 6.15. The van der Waals surface area contributed by atoms with Gasteiger partial charge in [-0.25, -0.2) is 0 Å². The Morgan fingerprint density at radius 3 is 2.41 bits per heavy atom. The molecule has 0 radical (unpaired) electrons. The smallest absolute Gasteiger partial charge is 0.247 e. The molecule has 94 valence electrons. The van der Waals surface area contributed by atoms with E-state index >= 15 is 0 Å². The zero-order chi connectivity index (χ0) is 12.8. The topological polar surface area (TPSA) is 75.3 Å². The average molecular weight is 236 g/mol. The van der Waals surface area contributed by atoms with E-state index in [1.54, 1.807) is 0 Å². The van der Waals surface area contributed by atoms with Gasteiger partial charge in [-0.2, -0.15) is 0 Å². The second kappa shape index (κ2) is 6.37. The van der Waals surface area contributed by atoms with E-state index in [-0.39, 0.29) is 12.6 Å². The first-order valence-electron chi connectivity index (χ1n) is 5.78. The predicted molar refractivity (Wildman–Crippen MR) is 67.2 cm³/mol. The van der Waals surface area contributed by atoms with Crippen LogP contribution in [-0.4, -0.2) is 23.7 Å². The van der Waals surface area contributed by atoms with Crippen LogP contribution < -0.4 is 11.1 Å². The highest BCUT2D eigenvalue weighted by Crippen LogP contribution is 2.20. The summed E-state index contributed by atoms with van der Waals surface area (Å²) in [6.07, 6.45) is -1.14. The van der Waals surface area contributed by atoms with Crippen molar-refractivity contribution in [2.24, 2.45) is 11.7 Å². The lowest BCUT2D eigenvalue weighted by Gasteiger charge is -2.23. The number of benzene rings is 1. The van der Waals surface area contributed by atoms with Crippen LogP contribution in [0.3, 0.4) is 0 Å². The molecule has 17 heavy (non-hydrogen) atoms. The number of nitrogens with two attached hydrogens (primary N) is 1. The van der Waals surface area contributed by atoms with Crippen LogP contribution in [-0.2, 0) is 4.79 Å². The van der Waals surface area contributed by atoms with E-state index in [0.717, 1.165) is 5.56 Å². The molecule has 1 amide bonds. The van der Waals surface area contributed by atoms with Crippen LogP contribution in [0.25, 0.3) is 0 Å². The Hall–Kier alpha value is -1.39. The molecule has 4 nitrogen and oxygen atoms in total. The van der Waals surface area contributed by atoms with Crippen LogP contribution in [0.2, 0.25) is 0 Å². The van der Waals surface area contributed by atoms with Gasteiger partial charge in [-0.15, -0.1) is 0 Å². The Bertz CT molecular complexity index is 352. The Morgan fingerprint density at radius 1 is 1.35 bits per heavy atom. The van der Waals surface area contributed by atoms with Crippen LogP contribution in [0.1, 0.15) is 25.5 Å². The van der Waals surface area contributed by atoms with Crippen LogP contribution in [0.5, 0.6) is 0 Å². The molecule has 0 aliphatic heterocycles. The maximum Gasteiger partial charge on any atom is 0.247 e. The van der Waals surface area contributed by atoms with Gasteiger partial charge >= 0.3 is 0 Å². The van der Waals surface area contributed by atoms with Gasteiger partial charge in [-0.3, -0.25) is 4.79 Å². The first kappa shape index (κ1) is 13.7. The second-order valence-corrected chi connectivity index (χ2v) is 4.46. The molecule has 1 rings (SSSR count). The third-order valence-corrected chi connectivity index (χ3v) is 2.68. The minimum absolute atomic E-state index is 0.102. The van der Waals surface area contributed by atoms with Gasteiger partial charge in [0.2, 0.25) is 5.91 Å². The van der Waals surface area contributed by atoms with Crippen molar-refractivity contribution >= 4 is 5.91 Å². The van der Waals surface area contributed by atoms with Gasteiger partial charge in [0.05, 0.1) is 0 Å². The summed E-state index contributed by atoms with van der Waals surface area (Å²) >= 11 is 0. The van der Waals surface area contributed by atoms with E-state index in [9.17, 15) is 9.90 Å². The number of aliphatic hydroxyl groups excluding tert-OH is 1. The fourth-order valence-electron chi connectivity index (χ4n) is 1.74. The van der Waals surface area contributed by atoms with Crippen molar-refractivity contribution in [3.05, 3.63) is 35.9 Å². The number of nitrogens with one attached hydrogen (secondary N) is 1. The van der Waals surface area contributed by atoms with Gasteiger partial charge in [0.1, 0.15) is 6.10 Å². The van der Waals surface area contributed by atoms with E-state index in [1.807, 2.05) is 30.3 Å². The van der Waals surface area contributed by atoms with Crippen molar-refractivity contribution in [3.63, 3.8) is 0 Å². The lowest BCUT2D eigenvalue weighted by molar-refractivity contribution is -0.125. The molecule has 0 spiro atoms. The van der Waals surface area contributed by atoms with Gasteiger partial charge in [-0.1, -0.05) is 44.2 Å². The molecule has 2 atom stereocenters. The maximum absolute atomic E-state index is 10.8. The SMILES string of the molecule is CC(C)C(NCC(O)C(N)=O)c1ccccc1. The van der Waals surface area contributed by atoms with Gasteiger partial charge in [-0.05, 0) is 11.5 Å². The fourth-order valence-corrected chi connectivity index (χ4v) is 1.74. The summed E-state index contributed by atoms with van der Waals surface area (Å²) in [6, 6.07) is 10.0. The number of rotatable bonds is 6. The van der Waals surface area contributed by atoms with E-state index < -0.39 is 12.0 Å². The predicted octanol–water partition coefficient (Wildman–Crippen LogP) is 0.819. The lowest BCUT2D eigenvalue weighted by Crippen LogP contribution is -2.40. The molecule has 1 aromatic carbocycles. The molecule has 4 heteroatoms. The number of carbonyl (C=O) groups excluding carboxylic acids is 1. The quantitative estimate of drug-likeness (QED) is 0.684. The first-order valence-corrected chi connectivity index (χ1v) is 5.78. The standard InChI is InChI=1S/C13H20N2O2/c1-9(2)12(10-6-4-3-5-7-10)15-8-11(16)13(14)17/h3-7,9,11-12,15-16H,8H2,1-2H3,(H2,14,17). The van der Waals surface area contributed by atoms with Gasteiger partial charge in [0.15, 0.2) is 0 Å². The van der Waals surface area contributed by atoms with Crippen LogP contribution in [0.4, 0.5) is 0 Å². The molecule has 0 aliphatic rings. The molecule has 0 saturated heterocycles. The number of primary amides is 1. The number of aliphatic hydroxyl groups is 1. The molecule has 0 aliphatic carbocycles. The summed E-state index contributed by atoms with van der Waals surface area (Å²) < 4.78 is 0. The van der Waals surface area contributed by atoms with E-state index in [2.05, 4.69) is 19.2 Å². The molecule has 0 heterocycles. The summed E-state index contributed by atoms with van der Waals surface area (Å²) in [6.45, 7) is 4.34. The minimum atomic E-state index is -1.14. The third kappa shape index (κ3) is 4.17. The summed E-state index contributed by atoms with van der Waals surface area (Å²) in [4.78, 5) is 10.8. The first-order chi connectivity index (χ1) is 8.02. The monoisotopic (exact) mass is 236 g/mol. The molecule has 2 unspecified atom stereocenters. The highest BCUT2D eigenvalue weighted by Gasteiger charge is 2.18. The number of carbonyl (C=O) groups is 1. The molecule has 4 N–H and O–H groups in total. The normalized spacial score (nSPS) is 14.6. The number of amides is 1. The highest BCUT2D eigenvalue weighted by molar-refractivity contribution is 5.78. The second-order valence-electron chi connectivity index (χ2n) is 4.46. The molecule has 0 aromatic heterocycles. The summed E-state index contributed by atoms with van der Waals surface area (Å²) in [5, 5.41) is 12.5. The zero-order valence-electron chi connectivity index (χ0n) is 10.3. The summed E-state index contributed by atoms with van der Waals surface area (Å²) in [5.74, 6) is -0.342. The molecule has 0 bridgehead atoms. The van der Waals surface area contributed by atoms with E-state index in [4.69, 9.17) is 5.73 Å². The largest absolute Gasteiger partial charge is 0.382 e. The van der Waals surface area contributed by atoms with Crippen LogP contribution in [0.15, 0.2) is 30.3 Å². The number of hydrogen-bond donors (Lipinski definition) is 3. The van der Waals surface area contributed by atoms with E-state index in [0.29, 0.717) is 5.92 Å². The van der Waals surface area contributed by atoms with Crippen molar-refractivity contribution in [2.75, 3.05) is 6.54 Å². The number of hydrogen-bond acceptors (Lipinski definition) is 3. The molecule has 0 saturated carbocycles. The molecular weight excluding hydrogens is 216 g/mol. The minimum Gasteiger partial charge on any atom is -0.382 e. The van der Waals surface area contributed by atoms with Gasteiger partial charge in [0.25, 0.3) is 0 Å². The fraction of sp³-hybridized carbons (Fsp3) is 0.462. The Morgan fingerprint density at radius 2 is 1.94 bits per heavy atom. The van der Waals surface area contributed by atoms with Gasteiger partial charge < -0.3 is 16.2 Å². The van der Waals surface area contributed by atoms with Crippen molar-refractivity contribution in [3.8, 4) is 0 Å². The average Bonchev–Trinajstić information content (AvgIpc) is 2.29. The molecular formula is C13H20N2O2. The van der Waals surface area contributed by atoms with Crippen molar-refractivity contribution in [2.45, 2.75) is 26.0 Å². The highest BCUT2D eigenvalue weighted by atomic mass is 16.3. The third-order valence-electron chi connectivity index (χ3n) is 2.68. The Balaban J connectivity index is 2.65.